The van der Waals surface area contributed by atoms with Crippen LogP contribution in [0.4, 0.5) is 0 Å². The number of rotatable bonds is 9. The number of halogens is 1. The molecule has 1 aromatic carbocycles. The van der Waals surface area contributed by atoms with E-state index >= 15 is 0 Å². The fourth-order valence-corrected chi connectivity index (χ4v) is 2.91. The van der Waals surface area contributed by atoms with Crippen molar-refractivity contribution in [1.82, 2.24) is 0 Å². The molecule has 4 nitrogen and oxygen atoms in total. The van der Waals surface area contributed by atoms with Gasteiger partial charge in [-0.15, -0.1) is 0 Å². The fourth-order valence-electron chi connectivity index (χ4n) is 2.05. The lowest BCUT2D eigenvalue weighted by molar-refractivity contribution is -0.130. The number of benzene rings is 1. The molecule has 0 N–H and O–H groups in total. The first-order valence-corrected chi connectivity index (χ1v) is 7.77. The number of hydrogen-bond acceptors (Lipinski definition) is 4. The average molecular weight is 345 g/mol. The maximum absolute atomic E-state index is 5.79. The SMILES string of the molecule is COCCOC1C(Br)CC1OCCOc1ccccc1. The van der Waals surface area contributed by atoms with Crippen LogP contribution in [0, 0.1) is 0 Å². The maximum atomic E-state index is 5.79. The normalized spacial score (nSPS) is 25.2. The van der Waals surface area contributed by atoms with E-state index in [4.69, 9.17) is 18.9 Å². The maximum Gasteiger partial charge on any atom is 0.119 e. The van der Waals surface area contributed by atoms with Gasteiger partial charge in [0.15, 0.2) is 0 Å². The second kappa shape index (κ2) is 8.62. The number of ether oxygens (including phenoxy) is 4. The van der Waals surface area contributed by atoms with Crippen LogP contribution in [-0.4, -0.2) is 50.6 Å². The Balaban J connectivity index is 1.59. The van der Waals surface area contributed by atoms with Gasteiger partial charge in [0.05, 0.1) is 32.0 Å². The van der Waals surface area contributed by atoms with Crippen molar-refractivity contribution in [3.05, 3.63) is 30.3 Å². The Hall–Kier alpha value is -0.620. The van der Waals surface area contributed by atoms with E-state index in [0.29, 0.717) is 31.3 Å². The van der Waals surface area contributed by atoms with E-state index in [1.165, 1.54) is 0 Å². The first-order chi connectivity index (χ1) is 9.81. The summed E-state index contributed by atoms with van der Waals surface area (Å²) in [5.41, 5.74) is 0. The molecular weight excluding hydrogens is 324 g/mol. The van der Waals surface area contributed by atoms with Crippen molar-refractivity contribution in [2.75, 3.05) is 33.5 Å². The van der Waals surface area contributed by atoms with Crippen LogP contribution in [0.2, 0.25) is 0 Å². The number of hydrogen-bond donors (Lipinski definition) is 0. The minimum absolute atomic E-state index is 0.113. The third kappa shape index (κ3) is 4.74. The van der Waals surface area contributed by atoms with E-state index in [-0.39, 0.29) is 12.2 Å². The summed E-state index contributed by atoms with van der Waals surface area (Å²) >= 11 is 3.59. The van der Waals surface area contributed by atoms with Crippen LogP contribution in [-0.2, 0) is 14.2 Å². The van der Waals surface area contributed by atoms with Crippen molar-refractivity contribution in [1.29, 1.82) is 0 Å². The van der Waals surface area contributed by atoms with Crippen LogP contribution in [0.1, 0.15) is 6.42 Å². The highest BCUT2D eigenvalue weighted by Gasteiger charge is 2.41. The molecule has 1 fully saturated rings. The molecule has 0 saturated heterocycles. The van der Waals surface area contributed by atoms with Crippen molar-refractivity contribution in [3.63, 3.8) is 0 Å². The highest BCUT2D eigenvalue weighted by Crippen LogP contribution is 2.33. The van der Waals surface area contributed by atoms with Gasteiger partial charge in [-0.1, -0.05) is 34.1 Å². The van der Waals surface area contributed by atoms with E-state index in [1.807, 2.05) is 30.3 Å². The van der Waals surface area contributed by atoms with Crippen LogP contribution >= 0.6 is 15.9 Å². The lowest BCUT2D eigenvalue weighted by atomic mass is 9.91. The minimum atomic E-state index is 0.113. The molecule has 0 aromatic heterocycles. The van der Waals surface area contributed by atoms with Gasteiger partial charge in [0.1, 0.15) is 12.4 Å². The summed E-state index contributed by atoms with van der Waals surface area (Å²) in [5.74, 6) is 0.871. The Labute approximate surface area is 128 Å². The summed E-state index contributed by atoms with van der Waals surface area (Å²) in [5, 5.41) is 0. The molecule has 0 amide bonds. The first-order valence-electron chi connectivity index (χ1n) is 6.85. The Morgan fingerprint density at radius 1 is 1.05 bits per heavy atom. The average Bonchev–Trinajstić information content (AvgIpc) is 2.48. The number of para-hydroxylation sites is 1. The van der Waals surface area contributed by atoms with Gasteiger partial charge in [-0.2, -0.15) is 0 Å². The summed E-state index contributed by atoms with van der Waals surface area (Å²) < 4.78 is 22.1. The summed E-state index contributed by atoms with van der Waals surface area (Å²) in [7, 11) is 1.67. The number of methoxy groups -OCH3 is 1. The van der Waals surface area contributed by atoms with E-state index in [2.05, 4.69) is 15.9 Å². The van der Waals surface area contributed by atoms with Crippen molar-refractivity contribution >= 4 is 15.9 Å². The molecule has 3 unspecified atom stereocenters. The lowest BCUT2D eigenvalue weighted by Crippen LogP contribution is -2.51. The van der Waals surface area contributed by atoms with Crippen LogP contribution in [0.25, 0.3) is 0 Å². The Kier molecular flexibility index (Phi) is 6.79. The summed E-state index contributed by atoms with van der Waals surface area (Å²) in [4.78, 5) is 0.374. The summed E-state index contributed by atoms with van der Waals surface area (Å²) in [6.45, 7) is 2.34. The predicted molar refractivity (Wildman–Crippen MR) is 80.6 cm³/mol. The lowest BCUT2D eigenvalue weighted by Gasteiger charge is -2.40. The highest BCUT2D eigenvalue weighted by molar-refractivity contribution is 9.09. The van der Waals surface area contributed by atoms with E-state index in [1.54, 1.807) is 7.11 Å². The van der Waals surface area contributed by atoms with Gasteiger partial charge in [0.25, 0.3) is 0 Å². The molecular formula is C15H21BrO4. The van der Waals surface area contributed by atoms with Gasteiger partial charge < -0.3 is 18.9 Å². The standard InChI is InChI=1S/C15H21BrO4/c1-17-7-8-20-15-13(16)11-14(15)19-10-9-18-12-5-3-2-4-6-12/h2-6,13-15H,7-11H2,1H3. The first kappa shape index (κ1) is 15.8. The molecule has 0 spiro atoms. The van der Waals surface area contributed by atoms with Crippen molar-refractivity contribution in [3.8, 4) is 5.75 Å². The van der Waals surface area contributed by atoms with Crippen LogP contribution in [0.15, 0.2) is 30.3 Å². The molecule has 3 atom stereocenters. The van der Waals surface area contributed by atoms with E-state index < -0.39 is 0 Å². The largest absolute Gasteiger partial charge is 0.491 e. The number of alkyl halides is 1. The quantitative estimate of drug-likeness (QED) is 0.509. The highest BCUT2D eigenvalue weighted by atomic mass is 79.9. The van der Waals surface area contributed by atoms with Crippen LogP contribution in [0.3, 0.4) is 0 Å². The Morgan fingerprint density at radius 3 is 2.50 bits per heavy atom. The van der Waals surface area contributed by atoms with Gasteiger partial charge in [0.2, 0.25) is 0 Å². The zero-order valence-corrected chi connectivity index (χ0v) is 13.3. The molecule has 112 valence electrons. The third-order valence-electron chi connectivity index (χ3n) is 3.21. The van der Waals surface area contributed by atoms with Crippen LogP contribution < -0.4 is 4.74 Å². The zero-order chi connectivity index (χ0) is 14.2. The Morgan fingerprint density at radius 2 is 1.80 bits per heavy atom. The van der Waals surface area contributed by atoms with Crippen molar-refractivity contribution in [2.45, 2.75) is 23.5 Å². The summed E-state index contributed by atoms with van der Waals surface area (Å²) in [6, 6.07) is 9.76. The molecule has 1 aromatic rings. The monoisotopic (exact) mass is 344 g/mol. The topological polar surface area (TPSA) is 36.9 Å². The Bertz CT molecular complexity index is 373. The van der Waals surface area contributed by atoms with Gasteiger partial charge in [-0.3, -0.25) is 0 Å². The predicted octanol–water partition coefficient (Wildman–Crippen LogP) is 2.65. The molecule has 0 aliphatic heterocycles. The molecule has 20 heavy (non-hydrogen) atoms. The van der Waals surface area contributed by atoms with Gasteiger partial charge in [-0.25, -0.2) is 0 Å². The minimum Gasteiger partial charge on any atom is -0.491 e. The second-order valence-electron chi connectivity index (χ2n) is 4.65. The van der Waals surface area contributed by atoms with Gasteiger partial charge in [0, 0.05) is 11.9 Å². The molecule has 5 heteroatoms. The van der Waals surface area contributed by atoms with Crippen molar-refractivity contribution < 1.29 is 18.9 Å². The molecule has 0 radical (unpaired) electrons. The van der Waals surface area contributed by atoms with E-state index in [9.17, 15) is 0 Å². The molecule has 1 aliphatic rings. The van der Waals surface area contributed by atoms with Crippen LogP contribution in [0.5, 0.6) is 5.75 Å². The molecule has 0 heterocycles. The smallest absolute Gasteiger partial charge is 0.119 e. The zero-order valence-electron chi connectivity index (χ0n) is 11.7. The van der Waals surface area contributed by atoms with Gasteiger partial charge in [-0.05, 0) is 18.6 Å². The van der Waals surface area contributed by atoms with Crippen molar-refractivity contribution in [2.24, 2.45) is 0 Å². The molecule has 0 bridgehead atoms. The molecule has 2 rings (SSSR count). The van der Waals surface area contributed by atoms with Gasteiger partial charge >= 0.3 is 0 Å². The molecule has 1 saturated carbocycles. The summed E-state index contributed by atoms with van der Waals surface area (Å²) in [6.07, 6.45) is 1.24. The molecule has 1 aliphatic carbocycles. The third-order valence-corrected chi connectivity index (χ3v) is 4.10. The van der Waals surface area contributed by atoms with E-state index in [0.717, 1.165) is 12.2 Å². The fraction of sp³-hybridized carbons (Fsp3) is 0.600. The second-order valence-corrected chi connectivity index (χ2v) is 5.83.